The normalized spacial score (nSPS) is 11.8. The predicted octanol–water partition coefficient (Wildman–Crippen LogP) is 2.92. The lowest BCUT2D eigenvalue weighted by atomic mass is 10.0. The zero-order valence-corrected chi connectivity index (χ0v) is 16.3. The Hall–Kier alpha value is -3.29. The second-order valence-corrected chi connectivity index (χ2v) is 6.60. The molecule has 3 N–H and O–H groups in total. The van der Waals surface area contributed by atoms with Crippen molar-refractivity contribution in [3.05, 3.63) is 78.4 Å². The molecule has 0 aliphatic heterocycles. The lowest BCUT2D eigenvalue weighted by Gasteiger charge is -2.08. The van der Waals surface area contributed by atoms with E-state index in [-0.39, 0.29) is 18.8 Å². The van der Waals surface area contributed by atoms with Crippen LogP contribution in [0.2, 0.25) is 0 Å². The molecule has 4 rings (SSSR count). The number of nitrogens with two attached hydrogens (primary N) is 1. The zero-order valence-electron chi connectivity index (χ0n) is 15.5. The van der Waals surface area contributed by atoms with Gasteiger partial charge in [0, 0.05) is 5.56 Å². The first-order valence-corrected chi connectivity index (χ1v) is 8.89. The molecule has 0 fully saturated rings. The van der Waals surface area contributed by atoms with E-state index in [4.69, 9.17) is 10.8 Å². The third kappa shape index (κ3) is 4.42. The first kappa shape index (κ1) is 20.4. The van der Waals surface area contributed by atoms with Crippen LogP contribution in [0.25, 0.3) is 22.4 Å². The third-order valence-electron chi connectivity index (χ3n) is 4.60. The van der Waals surface area contributed by atoms with Crippen LogP contribution in [0.3, 0.4) is 0 Å². The summed E-state index contributed by atoms with van der Waals surface area (Å²) < 4.78 is 2.00. The van der Waals surface area contributed by atoms with E-state index >= 15 is 0 Å². The summed E-state index contributed by atoms with van der Waals surface area (Å²) >= 11 is 0. The number of aromatic nitrogens is 4. The fraction of sp³-hybridized carbons (Fsp3) is 0.143. The second-order valence-electron chi connectivity index (χ2n) is 6.60. The first-order chi connectivity index (χ1) is 13.6. The highest BCUT2D eigenvalue weighted by atomic mass is 35.5. The average Bonchev–Trinajstić information content (AvgIpc) is 3.12. The van der Waals surface area contributed by atoms with Crippen LogP contribution in [-0.4, -0.2) is 36.6 Å². The van der Waals surface area contributed by atoms with E-state index in [1.165, 1.54) is 11.9 Å². The summed E-state index contributed by atoms with van der Waals surface area (Å²) in [6.45, 7) is 0.680. The Labute approximate surface area is 173 Å². The summed E-state index contributed by atoms with van der Waals surface area (Å²) in [6, 6.07) is 16.8. The lowest BCUT2D eigenvalue weighted by molar-refractivity contribution is -0.138. The quantitative estimate of drug-likeness (QED) is 0.507. The number of imidazole rings is 1. The van der Waals surface area contributed by atoms with Gasteiger partial charge in [-0.05, 0) is 17.5 Å². The van der Waals surface area contributed by atoms with Crippen molar-refractivity contribution in [3.63, 3.8) is 0 Å². The maximum atomic E-state index is 10.9. The number of hydrogen-bond donors (Lipinski definition) is 2. The summed E-state index contributed by atoms with van der Waals surface area (Å²) in [6.07, 6.45) is 3.59. The van der Waals surface area contributed by atoms with Crippen molar-refractivity contribution in [3.8, 4) is 11.3 Å². The molecule has 7 nitrogen and oxygen atoms in total. The van der Waals surface area contributed by atoms with Crippen molar-refractivity contribution >= 4 is 29.5 Å². The van der Waals surface area contributed by atoms with Gasteiger partial charge in [-0.2, -0.15) is 0 Å². The molecule has 2 aromatic carbocycles. The fourth-order valence-corrected chi connectivity index (χ4v) is 3.13. The van der Waals surface area contributed by atoms with Crippen molar-refractivity contribution in [2.45, 2.75) is 19.0 Å². The molecule has 148 valence electrons. The molecule has 0 saturated carbocycles. The maximum absolute atomic E-state index is 10.9. The molecule has 0 amide bonds. The number of carboxylic acid groups (broad SMARTS) is 1. The molecule has 0 aliphatic carbocycles. The highest BCUT2D eigenvalue weighted by Crippen LogP contribution is 2.25. The molecule has 0 aliphatic rings. The highest BCUT2D eigenvalue weighted by molar-refractivity contribution is 5.87. The summed E-state index contributed by atoms with van der Waals surface area (Å²) in [5, 5.41) is 8.95. The van der Waals surface area contributed by atoms with Gasteiger partial charge in [-0.3, -0.25) is 4.79 Å². The van der Waals surface area contributed by atoms with Crippen LogP contribution in [0.1, 0.15) is 11.1 Å². The van der Waals surface area contributed by atoms with Crippen LogP contribution in [0.15, 0.2) is 67.3 Å². The van der Waals surface area contributed by atoms with E-state index < -0.39 is 12.0 Å². The van der Waals surface area contributed by atoms with Crippen LogP contribution < -0.4 is 5.73 Å². The zero-order chi connectivity index (χ0) is 19.5. The number of fused-ring (bicyclic) bond motifs is 1. The van der Waals surface area contributed by atoms with E-state index in [2.05, 4.69) is 27.1 Å². The molecular weight excluding hydrogens is 390 g/mol. The molecule has 2 heterocycles. The third-order valence-corrected chi connectivity index (χ3v) is 4.60. The van der Waals surface area contributed by atoms with E-state index in [1.54, 1.807) is 6.33 Å². The van der Waals surface area contributed by atoms with E-state index in [1.807, 2.05) is 47.0 Å². The minimum Gasteiger partial charge on any atom is -0.480 e. The van der Waals surface area contributed by atoms with Crippen molar-refractivity contribution in [1.29, 1.82) is 0 Å². The number of carboxylic acids is 1. The SMILES string of the molecule is Cl.N[C@H](Cc1ccc(-c2ncnc3c2ncn3Cc2ccccc2)cc1)C(=O)O. The lowest BCUT2D eigenvalue weighted by Crippen LogP contribution is -2.32. The second kappa shape index (κ2) is 8.81. The van der Waals surface area contributed by atoms with E-state index in [0.29, 0.717) is 6.54 Å². The van der Waals surface area contributed by atoms with Gasteiger partial charge >= 0.3 is 5.97 Å². The predicted molar refractivity (Wildman–Crippen MR) is 113 cm³/mol. The van der Waals surface area contributed by atoms with Gasteiger partial charge in [0.25, 0.3) is 0 Å². The van der Waals surface area contributed by atoms with Gasteiger partial charge in [-0.1, -0.05) is 54.6 Å². The van der Waals surface area contributed by atoms with Gasteiger partial charge in [0.05, 0.1) is 12.9 Å². The largest absolute Gasteiger partial charge is 0.480 e. The Morgan fingerprint density at radius 2 is 1.72 bits per heavy atom. The number of halogens is 1. The van der Waals surface area contributed by atoms with Crippen molar-refractivity contribution in [1.82, 2.24) is 19.5 Å². The molecule has 0 radical (unpaired) electrons. The smallest absolute Gasteiger partial charge is 0.320 e. The maximum Gasteiger partial charge on any atom is 0.320 e. The van der Waals surface area contributed by atoms with Gasteiger partial charge in [-0.25, -0.2) is 15.0 Å². The summed E-state index contributed by atoms with van der Waals surface area (Å²) in [5.74, 6) is -1.01. The Morgan fingerprint density at radius 3 is 2.41 bits per heavy atom. The molecule has 0 saturated heterocycles. The Morgan fingerprint density at radius 1 is 1.00 bits per heavy atom. The van der Waals surface area contributed by atoms with Crippen LogP contribution in [-0.2, 0) is 17.8 Å². The van der Waals surface area contributed by atoms with Crippen molar-refractivity contribution in [2.24, 2.45) is 5.73 Å². The Kier molecular flexibility index (Phi) is 6.21. The van der Waals surface area contributed by atoms with E-state index in [0.717, 1.165) is 28.0 Å². The molecule has 2 aromatic heterocycles. The van der Waals surface area contributed by atoms with Crippen LogP contribution in [0.4, 0.5) is 0 Å². The van der Waals surface area contributed by atoms with Crippen molar-refractivity contribution in [2.75, 3.05) is 0 Å². The molecule has 29 heavy (non-hydrogen) atoms. The molecular formula is C21H20ClN5O2. The van der Waals surface area contributed by atoms with Gasteiger partial charge in [0.15, 0.2) is 5.65 Å². The van der Waals surface area contributed by atoms with Gasteiger partial charge in [0.2, 0.25) is 0 Å². The summed E-state index contributed by atoms with van der Waals surface area (Å²) in [7, 11) is 0. The molecule has 4 aromatic rings. The Bertz CT molecular complexity index is 1110. The number of carbonyl (C=O) groups is 1. The Balaban J connectivity index is 0.00000240. The number of rotatable bonds is 6. The van der Waals surface area contributed by atoms with E-state index in [9.17, 15) is 4.79 Å². The average molecular weight is 410 g/mol. The van der Waals surface area contributed by atoms with Crippen LogP contribution in [0.5, 0.6) is 0 Å². The molecule has 8 heteroatoms. The standard InChI is InChI=1S/C21H19N5O2.ClH/c22-17(21(27)28)10-14-6-8-16(9-7-14)18-19-20(24-12-23-18)26(13-25-19)11-15-4-2-1-3-5-15;/h1-9,12-13,17H,10-11,22H2,(H,27,28);1H/t17-;/m1./s1. The van der Waals surface area contributed by atoms with Crippen LogP contribution >= 0.6 is 12.4 Å². The minimum absolute atomic E-state index is 0. The highest BCUT2D eigenvalue weighted by Gasteiger charge is 2.14. The minimum atomic E-state index is -1.01. The number of aliphatic carboxylic acids is 1. The van der Waals surface area contributed by atoms with Crippen LogP contribution in [0, 0.1) is 0 Å². The van der Waals surface area contributed by atoms with Gasteiger partial charge in [0.1, 0.15) is 23.6 Å². The monoisotopic (exact) mass is 409 g/mol. The van der Waals surface area contributed by atoms with Gasteiger partial charge < -0.3 is 15.4 Å². The van der Waals surface area contributed by atoms with Gasteiger partial charge in [-0.15, -0.1) is 12.4 Å². The molecule has 0 bridgehead atoms. The fourth-order valence-electron chi connectivity index (χ4n) is 3.13. The number of hydrogen-bond acceptors (Lipinski definition) is 5. The van der Waals surface area contributed by atoms with Crippen molar-refractivity contribution < 1.29 is 9.90 Å². The molecule has 0 unspecified atom stereocenters. The molecule has 0 spiro atoms. The first-order valence-electron chi connectivity index (χ1n) is 8.89. The summed E-state index contributed by atoms with van der Waals surface area (Å²) in [5.41, 5.74) is 10.8. The molecule has 1 atom stereocenters. The number of benzene rings is 2. The number of nitrogens with zero attached hydrogens (tertiary/aromatic N) is 4. The topological polar surface area (TPSA) is 107 Å². The summed E-state index contributed by atoms with van der Waals surface area (Å²) in [4.78, 5) is 24.3.